The summed E-state index contributed by atoms with van der Waals surface area (Å²) in [7, 11) is 1.89. The molecule has 2 aromatic rings. The number of nitrogens with two attached hydrogens (primary N) is 1. The molecule has 2 heterocycles. The first-order chi connectivity index (χ1) is 8.04. The number of anilines is 1. The van der Waals surface area contributed by atoms with Gasteiger partial charge in [0.15, 0.2) is 5.82 Å². The highest BCUT2D eigenvalue weighted by Gasteiger charge is 2.16. The Hall–Kier alpha value is -1.78. The SMILES string of the molecule is CCc1nn(C)c(-c2ncc(C(C)C)[nH]2)c1N. The van der Waals surface area contributed by atoms with E-state index in [4.69, 9.17) is 5.73 Å². The predicted octanol–water partition coefficient (Wildman–Crippen LogP) is 2.08. The predicted molar refractivity (Wildman–Crippen MR) is 68.7 cm³/mol. The van der Waals surface area contributed by atoms with Crippen molar-refractivity contribution < 1.29 is 0 Å². The monoisotopic (exact) mass is 233 g/mol. The number of hydrogen-bond acceptors (Lipinski definition) is 3. The maximum atomic E-state index is 6.09. The van der Waals surface area contributed by atoms with Gasteiger partial charge in [0.2, 0.25) is 0 Å². The van der Waals surface area contributed by atoms with Crippen LogP contribution in [-0.2, 0) is 13.5 Å². The lowest BCUT2D eigenvalue weighted by molar-refractivity contribution is 0.748. The van der Waals surface area contributed by atoms with E-state index in [9.17, 15) is 0 Å². The van der Waals surface area contributed by atoms with Gasteiger partial charge in [-0.25, -0.2) is 4.98 Å². The first-order valence-corrected chi connectivity index (χ1v) is 5.91. The maximum Gasteiger partial charge on any atom is 0.158 e. The number of hydrogen-bond donors (Lipinski definition) is 2. The van der Waals surface area contributed by atoms with Crippen molar-refractivity contribution in [3.8, 4) is 11.5 Å². The quantitative estimate of drug-likeness (QED) is 0.852. The summed E-state index contributed by atoms with van der Waals surface area (Å²) in [5.74, 6) is 1.22. The summed E-state index contributed by atoms with van der Waals surface area (Å²) < 4.78 is 1.79. The zero-order valence-corrected chi connectivity index (χ0v) is 10.8. The fourth-order valence-electron chi connectivity index (χ4n) is 1.89. The van der Waals surface area contributed by atoms with Crippen molar-refractivity contribution in [2.24, 2.45) is 7.05 Å². The molecular weight excluding hydrogens is 214 g/mol. The van der Waals surface area contributed by atoms with Gasteiger partial charge in [-0.1, -0.05) is 20.8 Å². The van der Waals surface area contributed by atoms with E-state index in [1.165, 1.54) is 0 Å². The standard InChI is InChI=1S/C12H19N5/c1-5-8-10(13)11(17(4)16-8)12-14-6-9(15-12)7(2)3/h6-7H,5,13H2,1-4H3,(H,14,15). The van der Waals surface area contributed by atoms with Crippen LogP contribution < -0.4 is 5.73 Å². The largest absolute Gasteiger partial charge is 0.395 e. The molecule has 0 saturated heterocycles. The van der Waals surface area contributed by atoms with Crippen LogP contribution in [0.2, 0.25) is 0 Å². The number of aromatic amines is 1. The van der Waals surface area contributed by atoms with Crippen LogP contribution in [0.3, 0.4) is 0 Å². The van der Waals surface area contributed by atoms with Gasteiger partial charge < -0.3 is 10.7 Å². The van der Waals surface area contributed by atoms with E-state index < -0.39 is 0 Å². The first-order valence-electron chi connectivity index (χ1n) is 5.91. The number of aryl methyl sites for hydroxylation is 2. The fraction of sp³-hybridized carbons (Fsp3) is 0.500. The van der Waals surface area contributed by atoms with Crippen molar-refractivity contribution >= 4 is 5.69 Å². The number of nitrogen functional groups attached to an aromatic ring is 1. The van der Waals surface area contributed by atoms with E-state index in [2.05, 4.69) is 28.9 Å². The molecule has 3 N–H and O–H groups in total. The fourth-order valence-corrected chi connectivity index (χ4v) is 1.89. The molecule has 0 aliphatic heterocycles. The van der Waals surface area contributed by atoms with Crippen molar-refractivity contribution in [1.82, 2.24) is 19.7 Å². The lowest BCUT2D eigenvalue weighted by atomic mass is 10.2. The molecule has 0 aliphatic rings. The third-order valence-electron chi connectivity index (χ3n) is 2.94. The average molecular weight is 233 g/mol. The van der Waals surface area contributed by atoms with Gasteiger partial charge in [-0.05, 0) is 12.3 Å². The Kier molecular flexibility index (Phi) is 2.92. The molecule has 0 aromatic carbocycles. The second kappa shape index (κ2) is 4.24. The van der Waals surface area contributed by atoms with E-state index in [-0.39, 0.29) is 0 Å². The molecule has 0 aliphatic carbocycles. The van der Waals surface area contributed by atoms with Gasteiger partial charge in [0.25, 0.3) is 0 Å². The van der Waals surface area contributed by atoms with Crippen molar-refractivity contribution in [2.45, 2.75) is 33.1 Å². The van der Waals surface area contributed by atoms with Crippen LogP contribution in [0.15, 0.2) is 6.20 Å². The van der Waals surface area contributed by atoms with Gasteiger partial charge in [0.1, 0.15) is 5.69 Å². The molecule has 0 unspecified atom stereocenters. The number of nitrogens with one attached hydrogen (secondary N) is 1. The Balaban J connectivity index is 2.48. The molecule has 0 spiro atoms. The van der Waals surface area contributed by atoms with Crippen molar-refractivity contribution in [1.29, 1.82) is 0 Å². The van der Waals surface area contributed by atoms with Crippen LogP contribution >= 0.6 is 0 Å². The van der Waals surface area contributed by atoms with Crippen molar-refractivity contribution in [3.05, 3.63) is 17.6 Å². The van der Waals surface area contributed by atoms with E-state index in [0.29, 0.717) is 5.92 Å². The number of imidazole rings is 1. The van der Waals surface area contributed by atoms with Gasteiger partial charge in [-0.15, -0.1) is 0 Å². The molecule has 5 heteroatoms. The molecule has 0 atom stereocenters. The zero-order valence-electron chi connectivity index (χ0n) is 10.8. The van der Waals surface area contributed by atoms with Crippen LogP contribution in [0.4, 0.5) is 5.69 Å². The van der Waals surface area contributed by atoms with E-state index >= 15 is 0 Å². The van der Waals surface area contributed by atoms with Crippen molar-refractivity contribution in [2.75, 3.05) is 5.73 Å². The normalized spacial score (nSPS) is 11.4. The summed E-state index contributed by atoms with van der Waals surface area (Å²) in [6, 6.07) is 0. The minimum absolute atomic E-state index is 0.427. The van der Waals surface area contributed by atoms with Crippen LogP contribution in [-0.4, -0.2) is 19.7 Å². The maximum absolute atomic E-state index is 6.09. The Morgan fingerprint density at radius 1 is 1.47 bits per heavy atom. The summed E-state index contributed by atoms with van der Waals surface area (Å²) in [6.45, 7) is 6.30. The zero-order chi connectivity index (χ0) is 12.6. The topological polar surface area (TPSA) is 72.5 Å². The lowest BCUT2D eigenvalue weighted by Gasteiger charge is -2.01. The highest BCUT2D eigenvalue weighted by Crippen LogP contribution is 2.27. The molecule has 2 aromatic heterocycles. The molecule has 2 rings (SSSR count). The third-order valence-corrected chi connectivity index (χ3v) is 2.94. The molecule has 0 fully saturated rings. The number of nitrogens with zero attached hydrogens (tertiary/aromatic N) is 3. The van der Waals surface area contributed by atoms with Gasteiger partial charge in [0.05, 0.1) is 11.4 Å². The highest BCUT2D eigenvalue weighted by molar-refractivity contribution is 5.70. The Labute approximate surface area is 101 Å². The molecule has 0 amide bonds. The van der Waals surface area contributed by atoms with E-state index in [1.807, 2.05) is 20.2 Å². The molecule has 0 radical (unpaired) electrons. The molecule has 17 heavy (non-hydrogen) atoms. The molecule has 0 saturated carbocycles. The van der Waals surface area contributed by atoms with Crippen LogP contribution in [0, 0.1) is 0 Å². The van der Waals surface area contributed by atoms with Gasteiger partial charge in [-0.3, -0.25) is 4.68 Å². The minimum Gasteiger partial charge on any atom is -0.395 e. The second-order valence-electron chi connectivity index (χ2n) is 4.53. The Bertz CT molecular complexity index is 521. The van der Waals surface area contributed by atoms with Gasteiger partial charge in [-0.2, -0.15) is 5.10 Å². The number of aromatic nitrogens is 4. The molecule has 5 nitrogen and oxygen atoms in total. The summed E-state index contributed by atoms with van der Waals surface area (Å²) in [4.78, 5) is 7.68. The summed E-state index contributed by atoms with van der Waals surface area (Å²) in [6.07, 6.45) is 2.69. The van der Waals surface area contributed by atoms with Crippen LogP contribution in [0.1, 0.15) is 38.1 Å². The summed E-state index contributed by atoms with van der Waals surface area (Å²) in [5.41, 5.74) is 9.71. The van der Waals surface area contributed by atoms with Crippen LogP contribution in [0.5, 0.6) is 0 Å². The molecule has 92 valence electrons. The van der Waals surface area contributed by atoms with Gasteiger partial charge >= 0.3 is 0 Å². The number of rotatable bonds is 3. The van der Waals surface area contributed by atoms with Crippen LogP contribution in [0.25, 0.3) is 11.5 Å². The van der Waals surface area contributed by atoms with E-state index in [0.717, 1.165) is 35.0 Å². The Morgan fingerprint density at radius 3 is 2.65 bits per heavy atom. The minimum atomic E-state index is 0.427. The van der Waals surface area contributed by atoms with Gasteiger partial charge in [0, 0.05) is 18.9 Å². The highest BCUT2D eigenvalue weighted by atomic mass is 15.3. The third kappa shape index (κ3) is 1.92. The smallest absolute Gasteiger partial charge is 0.158 e. The summed E-state index contributed by atoms with van der Waals surface area (Å²) in [5, 5.41) is 4.39. The van der Waals surface area contributed by atoms with E-state index in [1.54, 1.807) is 4.68 Å². The average Bonchev–Trinajstić information content (AvgIpc) is 2.83. The number of H-pyrrole nitrogens is 1. The second-order valence-corrected chi connectivity index (χ2v) is 4.53. The summed E-state index contributed by atoms with van der Waals surface area (Å²) >= 11 is 0. The lowest BCUT2D eigenvalue weighted by Crippen LogP contribution is -1.97. The first kappa shape index (κ1) is 11.7. The molecular formula is C12H19N5. The molecule has 0 bridgehead atoms. The Morgan fingerprint density at radius 2 is 2.18 bits per heavy atom. The van der Waals surface area contributed by atoms with Crippen molar-refractivity contribution in [3.63, 3.8) is 0 Å².